The summed E-state index contributed by atoms with van der Waals surface area (Å²) < 4.78 is 20.0. The second kappa shape index (κ2) is 8.65. The van der Waals surface area contributed by atoms with Crippen LogP contribution in [0.4, 0.5) is 4.39 Å². The molecule has 1 aromatic heterocycles. The van der Waals surface area contributed by atoms with E-state index in [4.69, 9.17) is 10.2 Å². The third kappa shape index (κ3) is 4.49. The maximum atomic E-state index is 14.1. The van der Waals surface area contributed by atoms with Gasteiger partial charge in [0, 0.05) is 11.1 Å². The SMILES string of the molecule is C[C@@](N)(Cc1ccccc1)c1nnc(-c2cc(C(=O)O)cc(-c3cccc(F)c3C#N)c2)o1. The Kier molecular flexibility index (Phi) is 5.73. The van der Waals surface area contributed by atoms with Gasteiger partial charge in [-0.05, 0) is 48.7 Å². The molecule has 0 fully saturated rings. The molecule has 3 aromatic carbocycles. The molecule has 0 unspecified atom stereocenters. The number of benzene rings is 3. The fourth-order valence-electron chi connectivity index (χ4n) is 3.57. The van der Waals surface area contributed by atoms with Crippen molar-refractivity contribution in [2.24, 2.45) is 5.73 Å². The van der Waals surface area contributed by atoms with Gasteiger partial charge in [-0.2, -0.15) is 5.26 Å². The van der Waals surface area contributed by atoms with Crippen LogP contribution in [-0.2, 0) is 12.0 Å². The lowest BCUT2D eigenvalue weighted by molar-refractivity contribution is 0.0697. The summed E-state index contributed by atoms with van der Waals surface area (Å²) in [6.07, 6.45) is 0.449. The molecule has 164 valence electrons. The number of nitrogens with zero attached hydrogens (tertiary/aromatic N) is 3. The van der Waals surface area contributed by atoms with Gasteiger partial charge in [-0.25, -0.2) is 9.18 Å². The molecule has 4 aromatic rings. The van der Waals surface area contributed by atoms with Gasteiger partial charge in [-0.15, -0.1) is 10.2 Å². The van der Waals surface area contributed by atoms with Crippen molar-refractivity contribution in [1.82, 2.24) is 10.2 Å². The molecule has 0 amide bonds. The number of aromatic nitrogens is 2. The van der Waals surface area contributed by atoms with Gasteiger partial charge in [0.2, 0.25) is 11.8 Å². The highest BCUT2D eigenvalue weighted by Crippen LogP contribution is 2.32. The first-order chi connectivity index (χ1) is 15.8. The number of carbonyl (C=O) groups is 1. The summed E-state index contributed by atoms with van der Waals surface area (Å²) in [5.41, 5.74) is 7.12. The van der Waals surface area contributed by atoms with E-state index in [2.05, 4.69) is 10.2 Å². The van der Waals surface area contributed by atoms with E-state index >= 15 is 0 Å². The lowest BCUT2D eigenvalue weighted by Gasteiger charge is -2.20. The van der Waals surface area contributed by atoms with Gasteiger partial charge in [-0.3, -0.25) is 0 Å². The van der Waals surface area contributed by atoms with Gasteiger partial charge in [0.1, 0.15) is 11.9 Å². The summed E-state index contributed by atoms with van der Waals surface area (Å²) in [4.78, 5) is 11.7. The first kappa shape index (κ1) is 21.9. The Morgan fingerprint density at radius 2 is 1.85 bits per heavy atom. The second-order valence-electron chi connectivity index (χ2n) is 7.87. The van der Waals surface area contributed by atoms with Crippen LogP contribution in [0, 0.1) is 17.1 Å². The Morgan fingerprint density at radius 1 is 1.12 bits per heavy atom. The molecule has 0 bridgehead atoms. The van der Waals surface area contributed by atoms with Crippen molar-refractivity contribution in [2.75, 3.05) is 0 Å². The van der Waals surface area contributed by atoms with Gasteiger partial charge in [0.25, 0.3) is 0 Å². The van der Waals surface area contributed by atoms with Crippen LogP contribution in [0.5, 0.6) is 0 Å². The minimum atomic E-state index is -1.19. The van der Waals surface area contributed by atoms with Crippen LogP contribution in [0.3, 0.4) is 0 Å². The molecular formula is C25H19FN4O3. The lowest BCUT2D eigenvalue weighted by Crippen LogP contribution is -2.35. The summed E-state index contributed by atoms with van der Waals surface area (Å²) in [6, 6.07) is 19.9. The highest BCUT2D eigenvalue weighted by atomic mass is 19.1. The van der Waals surface area contributed by atoms with Crippen molar-refractivity contribution in [3.63, 3.8) is 0 Å². The van der Waals surface area contributed by atoms with Gasteiger partial charge < -0.3 is 15.3 Å². The van der Waals surface area contributed by atoms with Crippen LogP contribution in [0.2, 0.25) is 0 Å². The zero-order valence-electron chi connectivity index (χ0n) is 17.6. The van der Waals surface area contributed by atoms with Crippen LogP contribution >= 0.6 is 0 Å². The van der Waals surface area contributed by atoms with Gasteiger partial charge in [0.15, 0.2) is 0 Å². The van der Waals surface area contributed by atoms with E-state index < -0.39 is 17.3 Å². The topological polar surface area (TPSA) is 126 Å². The fourth-order valence-corrected chi connectivity index (χ4v) is 3.57. The second-order valence-corrected chi connectivity index (χ2v) is 7.87. The summed E-state index contributed by atoms with van der Waals surface area (Å²) in [5.74, 6) is -1.64. The van der Waals surface area contributed by atoms with Crippen LogP contribution in [0.1, 0.15) is 34.3 Å². The van der Waals surface area contributed by atoms with E-state index in [9.17, 15) is 19.6 Å². The lowest BCUT2D eigenvalue weighted by atomic mass is 9.94. The van der Waals surface area contributed by atoms with Crippen LogP contribution in [0.15, 0.2) is 71.1 Å². The molecule has 33 heavy (non-hydrogen) atoms. The monoisotopic (exact) mass is 442 g/mol. The van der Waals surface area contributed by atoms with Crippen molar-refractivity contribution in [3.8, 4) is 28.7 Å². The maximum Gasteiger partial charge on any atom is 0.335 e. The number of nitriles is 1. The van der Waals surface area contributed by atoms with Crippen molar-refractivity contribution in [2.45, 2.75) is 18.9 Å². The Labute approximate surface area is 188 Å². The molecule has 0 saturated carbocycles. The average molecular weight is 442 g/mol. The molecule has 0 saturated heterocycles. The molecule has 0 aliphatic rings. The van der Waals surface area contributed by atoms with Crippen molar-refractivity contribution in [1.29, 1.82) is 5.26 Å². The van der Waals surface area contributed by atoms with E-state index in [0.717, 1.165) is 5.56 Å². The molecule has 4 rings (SSSR count). The predicted octanol–water partition coefficient (Wildman–Crippen LogP) is 4.53. The molecular weight excluding hydrogens is 423 g/mol. The van der Waals surface area contributed by atoms with Crippen LogP contribution < -0.4 is 5.73 Å². The Bertz CT molecular complexity index is 1370. The van der Waals surface area contributed by atoms with E-state index in [1.807, 2.05) is 36.4 Å². The smallest absolute Gasteiger partial charge is 0.335 e. The summed E-state index contributed by atoms with van der Waals surface area (Å²) in [6.45, 7) is 1.77. The zero-order valence-corrected chi connectivity index (χ0v) is 17.6. The number of aromatic carboxylic acids is 1. The van der Waals surface area contributed by atoms with Gasteiger partial charge in [0.05, 0.1) is 16.7 Å². The Morgan fingerprint density at radius 3 is 2.55 bits per heavy atom. The highest BCUT2D eigenvalue weighted by molar-refractivity contribution is 5.92. The highest BCUT2D eigenvalue weighted by Gasteiger charge is 2.29. The summed E-state index contributed by atoms with van der Waals surface area (Å²) in [7, 11) is 0. The van der Waals surface area contributed by atoms with Crippen LogP contribution in [0.25, 0.3) is 22.6 Å². The normalized spacial score (nSPS) is 12.7. The standard InChI is InChI=1S/C25H19FN4O3/c1-25(28,13-15-6-3-2-4-7-15)24-30-29-22(33-24)17-10-16(11-18(12-17)23(31)32)19-8-5-9-21(26)20(19)14-27/h2-12H,13,28H2,1H3,(H,31,32)/t25-/m1/s1. The molecule has 0 radical (unpaired) electrons. The minimum Gasteiger partial charge on any atom is -0.478 e. The van der Waals surface area contributed by atoms with Crippen LogP contribution in [-0.4, -0.2) is 21.3 Å². The molecule has 1 heterocycles. The third-order valence-electron chi connectivity index (χ3n) is 5.19. The first-order valence-corrected chi connectivity index (χ1v) is 10.0. The third-order valence-corrected chi connectivity index (χ3v) is 5.19. The molecule has 8 heteroatoms. The molecule has 7 nitrogen and oxygen atoms in total. The first-order valence-electron chi connectivity index (χ1n) is 10.0. The molecule has 0 spiro atoms. The molecule has 0 aliphatic heterocycles. The zero-order chi connectivity index (χ0) is 23.6. The van der Waals surface area contributed by atoms with Crippen molar-refractivity contribution in [3.05, 3.63) is 95.1 Å². The van der Waals surface area contributed by atoms with E-state index in [0.29, 0.717) is 17.5 Å². The molecule has 0 aliphatic carbocycles. The number of hydrogen-bond donors (Lipinski definition) is 2. The van der Waals surface area contributed by atoms with E-state index in [1.165, 1.54) is 24.3 Å². The number of nitrogens with two attached hydrogens (primary N) is 1. The summed E-state index contributed by atoms with van der Waals surface area (Å²) in [5, 5.41) is 27.1. The number of hydrogen-bond acceptors (Lipinski definition) is 6. The fraction of sp³-hybridized carbons (Fsp3) is 0.120. The largest absolute Gasteiger partial charge is 0.478 e. The predicted molar refractivity (Wildman–Crippen MR) is 118 cm³/mol. The van der Waals surface area contributed by atoms with Gasteiger partial charge in [-0.1, -0.05) is 42.5 Å². The van der Waals surface area contributed by atoms with Crippen molar-refractivity contribution < 1.29 is 18.7 Å². The van der Waals surface area contributed by atoms with Crippen molar-refractivity contribution >= 4 is 5.97 Å². The number of rotatable bonds is 6. The molecule has 3 N–H and O–H groups in total. The number of halogens is 1. The number of carboxylic acids is 1. The van der Waals surface area contributed by atoms with Gasteiger partial charge >= 0.3 is 5.97 Å². The summed E-state index contributed by atoms with van der Waals surface area (Å²) >= 11 is 0. The Hall–Kier alpha value is -4.35. The Balaban J connectivity index is 1.76. The quantitative estimate of drug-likeness (QED) is 0.449. The van der Waals surface area contributed by atoms with E-state index in [1.54, 1.807) is 19.1 Å². The van der Waals surface area contributed by atoms with E-state index in [-0.39, 0.29) is 28.5 Å². The number of carboxylic acid groups (broad SMARTS) is 1. The molecule has 1 atom stereocenters. The average Bonchev–Trinajstić information content (AvgIpc) is 3.30. The maximum absolute atomic E-state index is 14.1. The minimum absolute atomic E-state index is 0.0639.